The molecule has 3 aromatic carbocycles. The second-order valence-corrected chi connectivity index (χ2v) is 10.6. The number of carboxylic acid groups (broad SMARTS) is 1. The summed E-state index contributed by atoms with van der Waals surface area (Å²) in [7, 11) is 1.89. The van der Waals surface area contributed by atoms with E-state index in [9.17, 15) is 23.1 Å². The van der Waals surface area contributed by atoms with Gasteiger partial charge in [-0.1, -0.05) is 36.4 Å². The minimum atomic E-state index is -4.42. The van der Waals surface area contributed by atoms with Crippen LogP contribution in [0.1, 0.15) is 52.3 Å². The molecule has 10 heteroatoms. The van der Waals surface area contributed by atoms with E-state index in [2.05, 4.69) is 5.10 Å². The molecule has 0 unspecified atom stereocenters. The normalized spacial score (nSPS) is 11.9. The summed E-state index contributed by atoms with van der Waals surface area (Å²) < 4.78 is 54.9. The number of benzene rings is 3. The third kappa shape index (κ3) is 6.85. The maximum absolute atomic E-state index is 13.1. The fraction of sp³-hybridized carbons (Fsp3) is 0.333. The van der Waals surface area contributed by atoms with Gasteiger partial charge in [-0.2, -0.15) is 18.3 Å². The lowest BCUT2D eigenvalue weighted by atomic mass is 10.1. The van der Waals surface area contributed by atoms with Crippen molar-refractivity contribution in [2.45, 2.75) is 51.9 Å². The second-order valence-electron chi connectivity index (χ2n) is 10.6. The molecule has 7 nitrogen and oxygen atoms in total. The molecule has 0 radical (unpaired) electrons. The number of unbranched alkanes of at least 4 members (excludes halogenated alkanes) is 1. The quantitative estimate of drug-likeness (QED) is 0.143. The molecule has 1 N–H and O–H groups in total. The van der Waals surface area contributed by atoms with E-state index in [4.69, 9.17) is 9.47 Å². The van der Waals surface area contributed by atoms with Gasteiger partial charge in [-0.25, -0.2) is 4.79 Å². The molecule has 0 atom stereocenters. The Balaban J connectivity index is 1.23. The third-order valence-electron chi connectivity index (χ3n) is 7.54. The number of carboxylic acids is 1. The van der Waals surface area contributed by atoms with Gasteiger partial charge in [0.25, 0.3) is 0 Å². The Morgan fingerprint density at radius 1 is 0.953 bits per heavy atom. The highest BCUT2D eigenvalue weighted by atomic mass is 19.4. The van der Waals surface area contributed by atoms with E-state index >= 15 is 0 Å². The summed E-state index contributed by atoms with van der Waals surface area (Å²) in [4.78, 5) is 12.5. The number of hydrogen-bond acceptors (Lipinski definition) is 4. The second kappa shape index (κ2) is 12.9. The molecule has 0 saturated carbocycles. The van der Waals surface area contributed by atoms with Crippen LogP contribution in [0.15, 0.2) is 66.7 Å². The number of aromatic carboxylic acids is 1. The molecule has 0 aliphatic heterocycles. The lowest BCUT2D eigenvalue weighted by molar-refractivity contribution is -0.137. The van der Waals surface area contributed by atoms with Crippen molar-refractivity contribution in [1.82, 2.24) is 14.3 Å². The fourth-order valence-electron chi connectivity index (χ4n) is 5.54. The van der Waals surface area contributed by atoms with Gasteiger partial charge in [0.2, 0.25) is 0 Å². The highest BCUT2D eigenvalue weighted by Gasteiger charge is 2.30. The summed E-state index contributed by atoms with van der Waals surface area (Å²) in [6.45, 7) is 3.80. The zero-order valence-corrected chi connectivity index (χ0v) is 24.2. The number of nitrogens with zero attached hydrogens (tertiary/aromatic N) is 3. The summed E-state index contributed by atoms with van der Waals surface area (Å²) in [5.74, 6) is -0.489. The van der Waals surface area contributed by atoms with E-state index in [1.165, 1.54) is 6.07 Å². The van der Waals surface area contributed by atoms with Crippen LogP contribution in [0, 0.1) is 6.92 Å². The lowest BCUT2D eigenvalue weighted by Gasteiger charge is -2.12. The highest BCUT2D eigenvalue weighted by Crippen LogP contribution is 2.34. The molecule has 0 bridgehead atoms. The van der Waals surface area contributed by atoms with Gasteiger partial charge >= 0.3 is 12.1 Å². The predicted octanol–water partition coefficient (Wildman–Crippen LogP) is 7.56. The maximum Gasteiger partial charge on any atom is 0.416 e. The maximum atomic E-state index is 13.1. The first-order chi connectivity index (χ1) is 20.6. The van der Waals surface area contributed by atoms with Gasteiger partial charge in [-0.05, 0) is 73.9 Å². The molecule has 0 amide bonds. The van der Waals surface area contributed by atoms with E-state index in [-0.39, 0.29) is 12.3 Å². The van der Waals surface area contributed by atoms with Crippen LogP contribution in [0.3, 0.4) is 0 Å². The van der Waals surface area contributed by atoms with Gasteiger partial charge in [0.15, 0.2) is 0 Å². The number of hydrogen-bond donors (Lipinski definition) is 1. The Hall–Kier alpha value is -4.31. The number of fused-ring (bicyclic) bond motifs is 2. The highest BCUT2D eigenvalue weighted by molar-refractivity contribution is 5.98. The van der Waals surface area contributed by atoms with Crippen LogP contribution < -0.4 is 4.74 Å². The van der Waals surface area contributed by atoms with E-state index in [0.29, 0.717) is 49.1 Å². The number of halogens is 3. The molecule has 43 heavy (non-hydrogen) atoms. The number of para-hydroxylation sites is 1. The van der Waals surface area contributed by atoms with E-state index in [1.54, 1.807) is 18.2 Å². The monoisotopic (exact) mass is 593 g/mol. The third-order valence-corrected chi connectivity index (χ3v) is 7.54. The molecule has 0 aliphatic rings. The molecule has 0 fully saturated rings. The summed E-state index contributed by atoms with van der Waals surface area (Å²) in [5.41, 5.74) is 3.14. The Bertz CT molecular complexity index is 1740. The Kier molecular flexibility index (Phi) is 9.05. The summed E-state index contributed by atoms with van der Waals surface area (Å²) >= 11 is 0. The topological polar surface area (TPSA) is 78.5 Å². The summed E-state index contributed by atoms with van der Waals surface area (Å²) in [5, 5.41) is 16.5. The fourth-order valence-corrected chi connectivity index (χ4v) is 5.54. The van der Waals surface area contributed by atoms with Crippen molar-refractivity contribution >= 4 is 27.6 Å². The molecule has 2 aromatic heterocycles. The first-order valence-electron chi connectivity index (χ1n) is 14.3. The molecule has 5 rings (SSSR count). The first kappa shape index (κ1) is 30.2. The van der Waals surface area contributed by atoms with Gasteiger partial charge in [0, 0.05) is 36.5 Å². The Morgan fingerprint density at radius 2 is 1.77 bits per heavy atom. The van der Waals surface area contributed by atoms with E-state index in [0.717, 1.165) is 52.8 Å². The SMILES string of the molecule is Cc1cc(COCCCCn2c(C(=O)O)c(CCCOc3cccc4cc(C(F)(F)F)ccc34)c3ccccc32)n(C)n1. The van der Waals surface area contributed by atoms with Crippen molar-refractivity contribution in [3.63, 3.8) is 0 Å². The van der Waals surface area contributed by atoms with Crippen LogP contribution in [0.5, 0.6) is 5.75 Å². The number of rotatable bonds is 13. The van der Waals surface area contributed by atoms with Gasteiger partial charge < -0.3 is 19.1 Å². The average Bonchev–Trinajstić information content (AvgIpc) is 3.47. The smallest absolute Gasteiger partial charge is 0.416 e. The van der Waals surface area contributed by atoms with Crippen molar-refractivity contribution in [2.24, 2.45) is 7.05 Å². The summed E-state index contributed by atoms with van der Waals surface area (Å²) in [6, 6.07) is 18.3. The molecular formula is C33H34F3N3O4. The van der Waals surface area contributed by atoms with Crippen LogP contribution >= 0.6 is 0 Å². The zero-order valence-electron chi connectivity index (χ0n) is 24.2. The van der Waals surface area contributed by atoms with Crippen LogP contribution in [-0.2, 0) is 37.5 Å². The Labute approximate surface area is 247 Å². The molecule has 0 saturated heterocycles. The van der Waals surface area contributed by atoms with Crippen molar-refractivity contribution < 1.29 is 32.5 Å². The van der Waals surface area contributed by atoms with Gasteiger partial charge in [-0.15, -0.1) is 0 Å². The predicted molar refractivity (Wildman–Crippen MR) is 158 cm³/mol. The van der Waals surface area contributed by atoms with Crippen molar-refractivity contribution in [3.05, 3.63) is 94.9 Å². The molecule has 0 spiro atoms. The summed E-state index contributed by atoms with van der Waals surface area (Å²) in [6.07, 6.45) is -1.87. The minimum absolute atomic E-state index is 0.275. The first-order valence-corrected chi connectivity index (χ1v) is 14.3. The number of ether oxygens (including phenoxy) is 2. The van der Waals surface area contributed by atoms with Crippen LogP contribution in [0.4, 0.5) is 13.2 Å². The van der Waals surface area contributed by atoms with Crippen molar-refractivity contribution in [2.75, 3.05) is 13.2 Å². The van der Waals surface area contributed by atoms with Crippen molar-refractivity contribution in [1.29, 1.82) is 0 Å². The van der Waals surface area contributed by atoms with Gasteiger partial charge in [0.05, 0.1) is 30.2 Å². The molecule has 0 aliphatic carbocycles. The average molecular weight is 594 g/mol. The zero-order chi connectivity index (χ0) is 30.6. The number of aromatic nitrogens is 3. The van der Waals surface area contributed by atoms with Gasteiger partial charge in [0.1, 0.15) is 11.4 Å². The van der Waals surface area contributed by atoms with Crippen LogP contribution in [0.25, 0.3) is 21.7 Å². The number of carbonyl (C=O) groups is 1. The van der Waals surface area contributed by atoms with Crippen LogP contribution in [0.2, 0.25) is 0 Å². The standard InChI is InChI=1S/C33H34F3N3O4/c1-22-19-25(38(2)37-22)21-42-17-6-5-16-39-29-12-4-3-10-27(29)28(31(39)32(40)41)11-8-18-43-30-13-7-9-23-20-24(33(34,35)36)14-15-26(23)30/h3-4,7,9-10,12-15,19-20H,5-6,8,11,16-18,21H2,1-2H3,(H,40,41). The largest absolute Gasteiger partial charge is 0.493 e. The molecule has 2 heterocycles. The van der Waals surface area contributed by atoms with Crippen LogP contribution in [-0.4, -0.2) is 38.6 Å². The number of alkyl halides is 3. The molecule has 5 aromatic rings. The molecule has 226 valence electrons. The van der Waals surface area contributed by atoms with E-state index in [1.807, 2.05) is 53.6 Å². The van der Waals surface area contributed by atoms with E-state index < -0.39 is 17.7 Å². The Morgan fingerprint density at radius 3 is 2.51 bits per heavy atom. The van der Waals surface area contributed by atoms with Gasteiger partial charge in [-0.3, -0.25) is 4.68 Å². The minimum Gasteiger partial charge on any atom is -0.493 e. The lowest BCUT2D eigenvalue weighted by Crippen LogP contribution is -2.12. The molecular weight excluding hydrogens is 559 g/mol. The van der Waals surface area contributed by atoms with Crippen molar-refractivity contribution in [3.8, 4) is 5.75 Å². The number of aryl methyl sites for hydroxylation is 4.